The van der Waals surface area contributed by atoms with E-state index in [1.54, 1.807) is 7.05 Å². The Morgan fingerprint density at radius 3 is 2.73 bits per heavy atom. The Morgan fingerprint density at radius 1 is 1.47 bits per heavy atom. The molecule has 84 valence electrons. The van der Waals surface area contributed by atoms with Gasteiger partial charge in [0.2, 0.25) is 5.91 Å². The maximum atomic E-state index is 10.9. The lowest BCUT2D eigenvalue weighted by Gasteiger charge is -2.03. The van der Waals surface area contributed by atoms with Crippen molar-refractivity contribution in [3.63, 3.8) is 0 Å². The van der Waals surface area contributed by atoms with Gasteiger partial charge in [-0.1, -0.05) is 5.16 Å². The van der Waals surface area contributed by atoms with E-state index < -0.39 is 0 Å². The molecule has 5 nitrogen and oxygen atoms in total. The van der Waals surface area contributed by atoms with Crippen molar-refractivity contribution in [1.29, 1.82) is 0 Å². The van der Waals surface area contributed by atoms with Crippen LogP contribution in [0.2, 0.25) is 0 Å². The van der Waals surface area contributed by atoms with E-state index in [0.29, 0.717) is 19.5 Å². The van der Waals surface area contributed by atoms with Crippen LogP contribution in [0.5, 0.6) is 0 Å². The van der Waals surface area contributed by atoms with Crippen molar-refractivity contribution < 1.29 is 9.32 Å². The normalized spacial score (nSPS) is 10.3. The molecule has 0 aliphatic carbocycles. The zero-order valence-corrected chi connectivity index (χ0v) is 9.39. The van der Waals surface area contributed by atoms with E-state index in [1.807, 2.05) is 13.8 Å². The average Bonchev–Trinajstić information content (AvgIpc) is 2.54. The molecular weight excluding hydrogens is 194 g/mol. The highest BCUT2D eigenvalue weighted by atomic mass is 16.5. The second-order valence-corrected chi connectivity index (χ2v) is 3.40. The minimum Gasteiger partial charge on any atom is -0.361 e. The zero-order chi connectivity index (χ0) is 11.3. The minimum absolute atomic E-state index is 0.0428. The van der Waals surface area contributed by atoms with Crippen molar-refractivity contribution in [2.24, 2.45) is 0 Å². The molecule has 0 atom stereocenters. The van der Waals surface area contributed by atoms with E-state index >= 15 is 0 Å². The van der Waals surface area contributed by atoms with Gasteiger partial charge in [0, 0.05) is 32.1 Å². The molecule has 1 aromatic rings. The summed E-state index contributed by atoms with van der Waals surface area (Å²) in [5, 5.41) is 9.60. The molecule has 1 heterocycles. The smallest absolute Gasteiger partial charge is 0.221 e. The highest BCUT2D eigenvalue weighted by Crippen LogP contribution is 2.11. The van der Waals surface area contributed by atoms with Gasteiger partial charge in [-0.05, 0) is 13.8 Å². The standard InChI is InChI=1S/C10H17N3O2/c1-7-9(8(2)15-13-7)6-12-5-4-10(14)11-3/h12H,4-6H2,1-3H3,(H,11,14). The van der Waals surface area contributed by atoms with E-state index in [0.717, 1.165) is 17.0 Å². The van der Waals surface area contributed by atoms with Crippen LogP contribution in [-0.4, -0.2) is 24.7 Å². The molecule has 0 aliphatic heterocycles. The largest absolute Gasteiger partial charge is 0.361 e. The molecule has 0 radical (unpaired) electrons. The molecule has 0 saturated heterocycles. The molecular formula is C10H17N3O2. The monoisotopic (exact) mass is 211 g/mol. The first-order valence-electron chi connectivity index (χ1n) is 4.98. The van der Waals surface area contributed by atoms with Gasteiger partial charge < -0.3 is 15.2 Å². The van der Waals surface area contributed by atoms with Crippen molar-refractivity contribution in [3.8, 4) is 0 Å². The Balaban J connectivity index is 2.29. The van der Waals surface area contributed by atoms with Gasteiger partial charge >= 0.3 is 0 Å². The third-order valence-corrected chi connectivity index (χ3v) is 2.29. The second kappa shape index (κ2) is 5.50. The molecule has 1 amide bonds. The summed E-state index contributed by atoms with van der Waals surface area (Å²) in [4.78, 5) is 10.9. The second-order valence-electron chi connectivity index (χ2n) is 3.40. The molecule has 15 heavy (non-hydrogen) atoms. The SMILES string of the molecule is CNC(=O)CCNCc1c(C)noc1C. The topological polar surface area (TPSA) is 67.2 Å². The molecule has 0 bridgehead atoms. The highest BCUT2D eigenvalue weighted by Gasteiger charge is 2.07. The summed E-state index contributed by atoms with van der Waals surface area (Å²) in [6.07, 6.45) is 0.486. The van der Waals surface area contributed by atoms with Gasteiger partial charge in [0.25, 0.3) is 0 Å². The van der Waals surface area contributed by atoms with E-state index in [9.17, 15) is 4.79 Å². The Morgan fingerprint density at radius 2 is 2.20 bits per heavy atom. The third kappa shape index (κ3) is 3.36. The van der Waals surface area contributed by atoms with Gasteiger partial charge in [0.1, 0.15) is 5.76 Å². The van der Waals surface area contributed by atoms with Crippen molar-refractivity contribution in [2.45, 2.75) is 26.8 Å². The fourth-order valence-corrected chi connectivity index (χ4v) is 1.29. The molecule has 0 unspecified atom stereocenters. The van der Waals surface area contributed by atoms with Gasteiger partial charge in [-0.15, -0.1) is 0 Å². The quantitative estimate of drug-likeness (QED) is 0.697. The van der Waals surface area contributed by atoms with Crippen LogP contribution in [0.25, 0.3) is 0 Å². The number of aromatic nitrogens is 1. The number of hydrogen-bond acceptors (Lipinski definition) is 4. The maximum absolute atomic E-state index is 10.9. The summed E-state index contributed by atoms with van der Waals surface area (Å²) in [6.45, 7) is 5.14. The van der Waals surface area contributed by atoms with Crippen LogP contribution in [0.1, 0.15) is 23.4 Å². The third-order valence-electron chi connectivity index (χ3n) is 2.29. The van der Waals surface area contributed by atoms with Crippen LogP contribution in [0.15, 0.2) is 4.52 Å². The average molecular weight is 211 g/mol. The highest BCUT2D eigenvalue weighted by molar-refractivity contribution is 5.75. The fourth-order valence-electron chi connectivity index (χ4n) is 1.29. The molecule has 0 saturated carbocycles. The molecule has 0 fully saturated rings. The number of amides is 1. The van der Waals surface area contributed by atoms with Crippen LogP contribution in [0.4, 0.5) is 0 Å². The summed E-state index contributed by atoms with van der Waals surface area (Å²) in [5.74, 6) is 0.876. The minimum atomic E-state index is 0.0428. The lowest BCUT2D eigenvalue weighted by molar-refractivity contribution is -0.120. The van der Waals surface area contributed by atoms with Crippen molar-refractivity contribution in [3.05, 3.63) is 17.0 Å². The first-order chi connectivity index (χ1) is 7.15. The van der Waals surface area contributed by atoms with Crippen LogP contribution >= 0.6 is 0 Å². The van der Waals surface area contributed by atoms with Gasteiger partial charge in [-0.3, -0.25) is 4.79 Å². The van der Waals surface area contributed by atoms with Gasteiger partial charge in [-0.2, -0.15) is 0 Å². The van der Waals surface area contributed by atoms with Crippen LogP contribution in [0, 0.1) is 13.8 Å². The van der Waals surface area contributed by atoms with Crippen molar-refractivity contribution in [2.75, 3.05) is 13.6 Å². The van der Waals surface area contributed by atoms with Crippen LogP contribution in [0.3, 0.4) is 0 Å². The predicted molar refractivity (Wildman–Crippen MR) is 56.4 cm³/mol. The fraction of sp³-hybridized carbons (Fsp3) is 0.600. The van der Waals surface area contributed by atoms with Gasteiger partial charge in [0.15, 0.2) is 0 Å². The first-order valence-corrected chi connectivity index (χ1v) is 4.98. The number of aryl methyl sites for hydroxylation is 2. The summed E-state index contributed by atoms with van der Waals surface area (Å²) < 4.78 is 5.03. The summed E-state index contributed by atoms with van der Waals surface area (Å²) in [7, 11) is 1.64. The lowest BCUT2D eigenvalue weighted by Crippen LogP contribution is -2.24. The van der Waals surface area contributed by atoms with E-state index in [2.05, 4.69) is 15.8 Å². The van der Waals surface area contributed by atoms with E-state index in [1.165, 1.54) is 0 Å². The molecule has 1 rings (SSSR count). The van der Waals surface area contributed by atoms with E-state index in [-0.39, 0.29) is 5.91 Å². The first kappa shape index (κ1) is 11.7. The summed E-state index contributed by atoms with van der Waals surface area (Å²) in [5.41, 5.74) is 1.98. The zero-order valence-electron chi connectivity index (χ0n) is 9.39. The number of carbonyl (C=O) groups excluding carboxylic acids is 1. The summed E-state index contributed by atoms with van der Waals surface area (Å²) in [6, 6.07) is 0. The molecule has 5 heteroatoms. The number of rotatable bonds is 5. The molecule has 1 aromatic heterocycles. The van der Waals surface area contributed by atoms with Gasteiger partial charge in [-0.25, -0.2) is 0 Å². The number of nitrogens with zero attached hydrogens (tertiary/aromatic N) is 1. The molecule has 2 N–H and O–H groups in total. The maximum Gasteiger partial charge on any atom is 0.221 e. The van der Waals surface area contributed by atoms with Crippen LogP contribution in [-0.2, 0) is 11.3 Å². The molecule has 0 aliphatic rings. The van der Waals surface area contributed by atoms with Crippen molar-refractivity contribution >= 4 is 5.91 Å². The molecule has 0 aromatic carbocycles. The number of carbonyl (C=O) groups is 1. The lowest BCUT2D eigenvalue weighted by atomic mass is 10.2. The Bertz CT molecular complexity index is 314. The Kier molecular flexibility index (Phi) is 4.30. The van der Waals surface area contributed by atoms with Crippen molar-refractivity contribution in [1.82, 2.24) is 15.8 Å². The molecule has 0 spiro atoms. The summed E-state index contributed by atoms with van der Waals surface area (Å²) >= 11 is 0. The van der Waals surface area contributed by atoms with Gasteiger partial charge in [0.05, 0.1) is 5.69 Å². The predicted octanol–water partition coefficient (Wildman–Crippen LogP) is 0.517. The number of nitrogens with one attached hydrogen (secondary N) is 2. The number of hydrogen-bond donors (Lipinski definition) is 2. The van der Waals surface area contributed by atoms with Crippen LogP contribution < -0.4 is 10.6 Å². The Labute approximate surface area is 89.2 Å². The van der Waals surface area contributed by atoms with E-state index in [4.69, 9.17) is 4.52 Å². The Hall–Kier alpha value is -1.36.